The molecule has 2 unspecified atom stereocenters. The first kappa shape index (κ1) is 15.5. The third kappa shape index (κ3) is 3.46. The van der Waals surface area contributed by atoms with E-state index in [1.807, 2.05) is 6.92 Å². The third-order valence-electron chi connectivity index (χ3n) is 2.89. The van der Waals surface area contributed by atoms with Crippen LogP contribution in [0.3, 0.4) is 0 Å². The molecule has 1 fully saturated rings. The fraction of sp³-hybridized carbons (Fsp3) is 0.900. The summed E-state index contributed by atoms with van der Waals surface area (Å²) in [5, 5.41) is 10.8. The molecule has 8 heteroatoms. The van der Waals surface area contributed by atoms with E-state index in [0.717, 1.165) is 6.42 Å². The van der Waals surface area contributed by atoms with Crippen molar-refractivity contribution in [1.82, 2.24) is 4.90 Å². The van der Waals surface area contributed by atoms with Crippen LogP contribution >= 0.6 is 23.2 Å². The van der Waals surface area contributed by atoms with Crippen LogP contribution in [0.4, 0.5) is 0 Å². The molecule has 0 radical (unpaired) electrons. The molecule has 1 aliphatic heterocycles. The summed E-state index contributed by atoms with van der Waals surface area (Å²) in [6.45, 7) is 3.21. The molecule has 18 heavy (non-hydrogen) atoms. The predicted molar refractivity (Wildman–Crippen MR) is 70.9 cm³/mol. The van der Waals surface area contributed by atoms with E-state index >= 15 is 0 Å². The van der Waals surface area contributed by atoms with Gasteiger partial charge in [-0.15, -0.1) is 0 Å². The van der Waals surface area contributed by atoms with Gasteiger partial charge in [-0.2, -0.15) is 0 Å². The van der Waals surface area contributed by atoms with Gasteiger partial charge in [0.1, 0.15) is 0 Å². The lowest BCUT2D eigenvalue weighted by Crippen LogP contribution is -2.46. The lowest BCUT2D eigenvalue weighted by atomic mass is 10.1. The number of halogens is 2. The highest BCUT2D eigenvalue weighted by Crippen LogP contribution is 2.27. The number of ether oxygens (including phenoxy) is 1. The zero-order valence-electron chi connectivity index (χ0n) is 10.6. The van der Waals surface area contributed by atoms with Crippen molar-refractivity contribution in [3.63, 3.8) is 0 Å². The number of likely N-dealkylation sites (N-methyl/N-ethyl adjacent to an activating group) is 1. The lowest BCUT2D eigenvalue weighted by molar-refractivity contribution is -0.497. The van der Waals surface area contributed by atoms with E-state index < -0.39 is 9.38 Å². The summed E-state index contributed by atoms with van der Waals surface area (Å²) in [4.78, 5) is 15.5. The fourth-order valence-electron chi connectivity index (χ4n) is 2.12. The number of alkyl halides is 2. The van der Waals surface area contributed by atoms with Crippen LogP contribution in [-0.4, -0.2) is 53.5 Å². The minimum absolute atomic E-state index is 0.0374. The number of hydrogen-bond donors (Lipinski definition) is 0. The first-order valence-electron chi connectivity index (χ1n) is 5.61. The van der Waals surface area contributed by atoms with E-state index in [9.17, 15) is 10.1 Å². The zero-order valence-corrected chi connectivity index (χ0v) is 12.1. The second-order valence-corrected chi connectivity index (χ2v) is 5.76. The minimum Gasteiger partial charge on any atom is -0.378 e. The molecule has 0 spiro atoms. The largest absolute Gasteiger partial charge is 0.427 e. The van der Waals surface area contributed by atoms with Gasteiger partial charge in [0.2, 0.25) is 5.84 Å². The Morgan fingerprint density at radius 2 is 2.28 bits per heavy atom. The summed E-state index contributed by atoms with van der Waals surface area (Å²) in [5.74, 6) is 0.341. The van der Waals surface area contributed by atoms with Gasteiger partial charge < -0.3 is 9.64 Å². The third-order valence-corrected chi connectivity index (χ3v) is 3.50. The van der Waals surface area contributed by atoms with Gasteiger partial charge in [0.05, 0.1) is 17.6 Å². The van der Waals surface area contributed by atoms with Gasteiger partial charge >= 0.3 is 4.46 Å². The fourth-order valence-corrected chi connectivity index (χ4v) is 2.58. The minimum atomic E-state index is -2.21. The molecule has 0 N–H and O–H groups in total. The molecule has 0 aliphatic carbocycles. The van der Waals surface area contributed by atoms with Crippen molar-refractivity contribution in [2.45, 2.75) is 23.9 Å². The maximum Gasteiger partial charge on any atom is 0.427 e. The molecular formula is C10H17Cl2N3O3. The molecule has 0 aromatic heterocycles. The summed E-state index contributed by atoms with van der Waals surface area (Å²) in [7, 11) is 3.12. The molecule has 104 valence electrons. The molecule has 1 aliphatic rings. The Labute approximate surface area is 116 Å². The number of hydrogen-bond acceptors (Lipinski definition) is 4. The van der Waals surface area contributed by atoms with E-state index in [-0.39, 0.29) is 11.9 Å². The normalized spacial score (nSPS) is 25.3. The van der Waals surface area contributed by atoms with Crippen LogP contribution in [0, 0.1) is 16.0 Å². The summed E-state index contributed by atoms with van der Waals surface area (Å²) in [6, 6.07) is 0. The molecule has 0 amide bonds. The Balaban J connectivity index is 2.69. The topological polar surface area (TPSA) is 68.0 Å². The summed E-state index contributed by atoms with van der Waals surface area (Å²) >= 11 is 11.4. The SMILES string of the molecule is CN=C(N(C)CC1COC(C)C1)C(Cl)(Cl)[N+](=O)[O-]. The van der Waals surface area contributed by atoms with Gasteiger partial charge in [-0.3, -0.25) is 15.1 Å². The number of aliphatic imine (C=N–C) groups is 1. The molecule has 0 saturated carbocycles. The Bertz CT molecular complexity index is 349. The van der Waals surface area contributed by atoms with Gasteiger partial charge in [-0.1, -0.05) is 0 Å². The number of nitro groups is 1. The van der Waals surface area contributed by atoms with Crippen LogP contribution in [0.15, 0.2) is 4.99 Å². The van der Waals surface area contributed by atoms with Crippen molar-refractivity contribution in [3.05, 3.63) is 10.1 Å². The Hall–Kier alpha value is -0.590. The summed E-state index contributed by atoms with van der Waals surface area (Å²) < 4.78 is 3.23. The summed E-state index contributed by atoms with van der Waals surface area (Å²) in [6.07, 6.45) is 1.13. The van der Waals surface area contributed by atoms with Crippen LogP contribution in [-0.2, 0) is 4.74 Å². The number of rotatable bonds is 4. The molecule has 6 nitrogen and oxygen atoms in total. The smallest absolute Gasteiger partial charge is 0.378 e. The molecular weight excluding hydrogens is 281 g/mol. The van der Waals surface area contributed by atoms with Crippen molar-refractivity contribution in [1.29, 1.82) is 0 Å². The first-order chi connectivity index (χ1) is 8.28. The highest BCUT2D eigenvalue weighted by molar-refractivity contribution is 6.57. The van der Waals surface area contributed by atoms with Crippen LogP contribution < -0.4 is 0 Å². The van der Waals surface area contributed by atoms with Crippen LogP contribution in [0.25, 0.3) is 0 Å². The lowest BCUT2D eigenvalue weighted by Gasteiger charge is -2.26. The van der Waals surface area contributed by atoms with Gasteiger partial charge in [0.15, 0.2) is 0 Å². The molecule has 0 bridgehead atoms. The van der Waals surface area contributed by atoms with E-state index in [1.54, 1.807) is 11.9 Å². The van der Waals surface area contributed by atoms with Crippen molar-refractivity contribution < 1.29 is 9.66 Å². The van der Waals surface area contributed by atoms with Gasteiger partial charge in [-0.25, -0.2) is 0 Å². The van der Waals surface area contributed by atoms with Crippen molar-refractivity contribution in [2.24, 2.45) is 10.9 Å². The Morgan fingerprint density at radius 3 is 2.67 bits per heavy atom. The second-order valence-electron chi connectivity index (χ2n) is 4.47. The predicted octanol–water partition coefficient (Wildman–Crippen LogP) is 1.78. The van der Waals surface area contributed by atoms with E-state index in [4.69, 9.17) is 27.9 Å². The van der Waals surface area contributed by atoms with Crippen LogP contribution in [0.2, 0.25) is 0 Å². The quantitative estimate of drug-likeness (QED) is 0.198. The van der Waals surface area contributed by atoms with Gasteiger partial charge in [0.25, 0.3) is 0 Å². The standard InChI is InChI=1S/C10H17Cl2N3O3/c1-7-4-8(6-18-7)5-14(3)9(13-2)10(11,12)15(16)17/h7-8H,4-6H2,1-3H3. The Morgan fingerprint density at radius 1 is 1.67 bits per heavy atom. The van der Waals surface area contributed by atoms with Crippen molar-refractivity contribution >= 4 is 29.0 Å². The summed E-state index contributed by atoms with van der Waals surface area (Å²) in [5.41, 5.74) is 0. The van der Waals surface area contributed by atoms with Crippen molar-refractivity contribution in [2.75, 3.05) is 27.2 Å². The first-order valence-corrected chi connectivity index (χ1v) is 6.37. The van der Waals surface area contributed by atoms with E-state index in [0.29, 0.717) is 19.1 Å². The monoisotopic (exact) mass is 297 g/mol. The average Bonchev–Trinajstić information content (AvgIpc) is 2.64. The second kappa shape index (κ2) is 6.04. The highest BCUT2D eigenvalue weighted by atomic mass is 35.5. The molecule has 1 rings (SSSR count). The van der Waals surface area contributed by atoms with Gasteiger partial charge in [0, 0.05) is 26.6 Å². The zero-order chi connectivity index (χ0) is 13.9. The number of amidine groups is 1. The molecule has 0 aromatic carbocycles. The van der Waals surface area contributed by atoms with E-state index in [1.165, 1.54) is 7.05 Å². The maximum absolute atomic E-state index is 10.8. The molecule has 1 heterocycles. The molecule has 0 aromatic rings. The van der Waals surface area contributed by atoms with Gasteiger partial charge in [-0.05, 0) is 36.5 Å². The van der Waals surface area contributed by atoms with E-state index in [2.05, 4.69) is 4.99 Å². The maximum atomic E-state index is 10.8. The van der Waals surface area contributed by atoms with Crippen LogP contribution in [0.5, 0.6) is 0 Å². The molecule has 2 atom stereocenters. The Kier molecular flexibility index (Phi) is 5.19. The van der Waals surface area contributed by atoms with Crippen molar-refractivity contribution in [3.8, 4) is 0 Å². The highest BCUT2D eigenvalue weighted by Gasteiger charge is 2.47. The average molecular weight is 298 g/mol. The number of nitrogens with zero attached hydrogens (tertiary/aromatic N) is 3. The molecule has 1 saturated heterocycles. The van der Waals surface area contributed by atoms with Crippen LogP contribution in [0.1, 0.15) is 13.3 Å².